The molecule has 2 saturated carbocycles. The first-order valence-corrected chi connectivity index (χ1v) is 30.7. The zero-order valence-corrected chi connectivity index (χ0v) is 48.7. The number of methoxy groups -OCH3 is 2. The fourth-order valence-corrected chi connectivity index (χ4v) is 16.6. The Labute approximate surface area is 486 Å². The minimum atomic E-state index is -0.321. The van der Waals surface area contributed by atoms with Crippen LogP contribution >= 0.6 is 69.1 Å². The smallest absolute Gasteiger partial charge is 0.337 e. The van der Waals surface area contributed by atoms with Crippen molar-refractivity contribution in [2.24, 2.45) is 5.92 Å². The second kappa shape index (κ2) is 21.9. The molecule has 8 aromatic rings. The van der Waals surface area contributed by atoms with E-state index < -0.39 is 0 Å². The van der Waals surface area contributed by atoms with Gasteiger partial charge >= 0.3 is 11.9 Å². The van der Waals surface area contributed by atoms with Crippen LogP contribution in [0.15, 0.2) is 81.8 Å². The molecule has 0 N–H and O–H groups in total. The molecule has 4 aromatic heterocycles. The van der Waals surface area contributed by atoms with Gasteiger partial charge in [-0.05, 0) is 164 Å². The van der Waals surface area contributed by atoms with E-state index in [-0.39, 0.29) is 11.9 Å². The summed E-state index contributed by atoms with van der Waals surface area (Å²) in [7, 11) is 5.04. The Hall–Kier alpha value is -5.26. The van der Waals surface area contributed by atoms with Gasteiger partial charge in [0.05, 0.1) is 65.9 Å². The van der Waals surface area contributed by atoms with Crippen LogP contribution in [0.3, 0.4) is 0 Å². The monoisotopic (exact) mass is 1180 g/mol. The van der Waals surface area contributed by atoms with Crippen LogP contribution in [0, 0.1) is 5.92 Å². The minimum absolute atomic E-state index is 0.314. The molecule has 4 bridgehead atoms. The molecular weight excluding hydrogens is 1120 g/mol. The number of hydrogen-bond acceptors (Lipinski definition) is 15. The summed E-state index contributed by atoms with van der Waals surface area (Å²) in [6.07, 6.45) is 15.8. The van der Waals surface area contributed by atoms with Gasteiger partial charge in [0.15, 0.2) is 10.3 Å². The maximum Gasteiger partial charge on any atom is 0.337 e. The Morgan fingerprint density at radius 2 is 1.04 bits per heavy atom. The number of fused-ring (bicyclic) bond motifs is 6. The van der Waals surface area contributed by atoms with Crippen LogP contribution in [0.1, 0.15) is 139 Å². The average Bonchev–Trinajstić information content (AvgIpc) is 4.42. The number of thiazole rings is 2. The first-order chi connectivity index (χ1) is 38.4. The zero-order chi connectivity index (χ0) is 54.2. The normalized spacial score (nSPS) is 22.5. The second-order valence-electron chi connectivity index (χ2n) is 22.3. The standard InChI is InChI=1S/C30H30Cl2N4O3S.C30H29Cl2N3O3S/c1-35(15-21-27(34-39-28(21)16-6-7-16)26-22(31)4-3-5-23(26)32)20-13-18-9-10-19(14-20)36(18)30-33-24-11-8-17(29(37)38-2)12-25(24)40-30;1-37-29(36)18-8-12-24-25(15-18)39-30(33-24)35-19-9-10-20(35)14-16(13-19)5-11-21-27(34-38-28(21)17-6-7-17)26-22(31)3-2-4-23(26)32/h3-5,8,11-12,16,18-20H,6-7,9-10,13-15H2,1-2H3;2-4,8,12,15-17,19-20H,5-7,9-11,13-14H2,1H3. The molecule has 4 atom stereocenters. The van der Waals surface area contributed by atoms with E-state index in [1.807, 2.05) is 60.7 Å². The lowest BCUT2D eigenvalue weighted by atomic mass is 9.85. The van der Waals surface area contributed by atoms with Crippen LogP contribution in [-0.2, 0) is 22.4 Å². The maximum atomic E-state index is 12.0. The van der Waals surface area contributed by atoms with Crippen LogP contribution in [0.25, 0.3) is 42.9 Å². The molecule has 6 fully saturated rings. The number of esters is 2. The van der Waals surface area contributed by atoms with Gasteiger partial charge in [-0.3, -0.25) is 4.90 Å². The topological polar surface area (TPSA) is 140 Å². The van der Waals surface area contributed by atoms with E-state index in [9.17, 15) is 9.59 Å². The maximum absolute atomic E-state index is 12.0. The highest BCUT2D eigenvalue weighted by molar-refractivity contribution is 7.22. The molecule has 14 rings (SSSR count). The van der Waals surface area contributed by atoms with Gasteiger partial charge in [-0.15, -0.1) is 0 Å². The van der Waals surface area contributed by atoms with E-state index in [4.69, 9.17) is 74.9 Å². The van der Waals surface area contributed by atoms with Crippen LogP contribution in [0.4, 0.5) is 10.3 Å². The van der Waals surface area contributed by atoms with E-state index in [2.05, 4.69) is 32.1 Å². The van der Waals surface area contributed by atoms with Gasteiger partial charge in [0, 0.05) is 70.8 Å². The van der Waals surface area contributed by atoms with E-state index in [0.29, 0.717) is 79.2 Å². The molecule has 0 spiro atoms. The summed E-state index contributed by atoms with van der Waals surface area (Å²) in [6, 6.07) is 24.7. The Kier molecular flexibility index (Phi) is 14.7. The van der Waals surface area contributed by atoms with Gasteiger partial charge in [-0.2, -0.15) is 0 Å². The average molecular weight is 1180 g/mol. The van der Waals surface area contributed by atoms with Gasteiger partial charge in [-0.1, -0.05) is 91.5 Å². The van der Waals surface area contributed by atoms with Crippen molar-refractivity contribution >= 4 is 112 Å². The lowest BCUT2D eigenvalue weighted by Gasteiger charge is -2.42. The zero-order valence-electron chi connectivity index (χ0n) is 44.1. The number of halogens is 4. The van der Waals surface area contributed by atoms with Crippen LogP contribution < -0.4 is 9.80 Å². The number of piperidine rings is 2. The third-order valence-corrected chi connectivity index (χ3v) is 20.7. The minimum Gasteiger partial charge on any atom is -0.465 e. The fraction of sp³-hybridized carbons (Fsp3) is 0.433. The summed E-state index contributed by atoms with van der Waals surface area (Å²) >= 11 is 29.7. The predicted octanol–water partition coefficient (Wildman–Crippen LogP) is 15.9. The summed E-state index contributed by atoms with van der Waals surface area (Å²) in [4.78, 5) is 41.5. The molecule has 4 aromatic carbocycles. The number of aromatic nitrogens is 4. The van der Waals surface area contributed by atoms with Crippen LogP contribution in [-0.4, -0.2) is 88.6 Å². The molecule has 13 nitrogen and oxygen atoms in total. The quantitative estimate of drug-likeness (QED) is 0.0955. The van der Waals surface area contributed by atoms with Crippen molar-refractivity contribution in [3.8, 4) is 22.5 Å². The predicted molar refractivity (Wildman–Crippen MR) is 314 cm³/mol. The molecule has 410 valence electrons. The lowest BCUT2D eigenvalue weighted by Crippen LogP contribution is -2.49. The Bertz CT molecular complexity index is 3560. The molecule has 19 heteroatoms. The van der Waals surface area contributed by atoms with Crippen molar-refractivity contribution in [2.45, 2.75) is 138 Å². The second-order valence-corrected chi connectivity index (χ2v) is 26.0. The summed E-state index contributed by atoms with van der Waals surface area (Å²) < 4.78 is 23.7. The van der Waals surface area contributed by atoms with Crippen LogP contribution in [0.2, 0.25) is 20.1 Å². The molecule has 6 aliphatic rings. The van der Waals surface area contributed by atoms with Crippen molar-refractivity contribution in [3.05, 3.63) is 127 Å². The van der Waals surface area contributed by atoms with E-state index >= 15 is 0 Å². The van der Waals surface area contributed by atoms with Gasteiger partial charge in [0.1, 0.15) is 22.9 Å². The van der Waals surface area contributed by atoms with E-state index in [1.165, 1.54) is 45.5 Å². The molecule has 4 saturated heterocycles. The number of carbonyl (C=O) groups is 2. The van der Waals surface area contributed by atoms with Crippen LogP contribution in [0.5, 0.6) is 0 Å². The van der Waals surface area contributed by atoms with Gasteiger partial charge in [0.2, 0.25) is 0 Å². The summed E-state index contributed by atoms with van der Waals surface area (Å²) in [5, 5.41) is 13.5. The molecule has 0 amide bonds. The van der Waals surface area contributed by atoms with Crippen molar-refractivity contribution in [2.75, 3.05) is 31.1 Å². The number of carbonyl (C=O) groups excluding carboxylic acids is 2. The third kappa shape index (κ3) is 10.3. The molecular formula is C60H59Cl4N7O6S2. The summed E-state index contributed by atoms with van der Waals surface area (Å²) in [6.45, 7) is 0.744. The lowest BCUT2D eigenvalue weighted by molar-refractivity contribution is 0.0592. The number of nitrogens with zero attached hydrogens (tertiary/aromatic N) is 7. The molecule has 79 heavy (non-hydrogen) atoms. The summed E-state index contributed by atoms with van der Waals surface area (Å²) in [5.41, 5.74) is 8.42. The number of anilines is 2. The highest BCUT2D eigenvalue weighted by Gasteiger charge is 2.45. The first-order valence-electron chi connectivity index (χ1n) is 27.5. The van der Waals surface area contributed by atoms with Gasteiger partial charge in [0.25, 0.3) is 0 Å². The number of ether oxygens (including phenoxy) is 2. The Morgan fingerprint density at radius 3 is 1.48 bits per heavy atom. The molecule has 4 unspecified atom stereocenters. The Balaban J connectivity index is 0.000000150. The van der Waals surface area contributed by atoms with Crippen molar-refractivity contribution < 1.29 is 28.1 Å². The molecule has 2 aliphatic carbocycles. The van der Waals surface area contributed by atoms with Gasteiger partial charge < -0.3 is 28.3 Å². The Morgan fingerprint density at radius 1 is 0.608 bits per heavy atom. The number of rotatable bonds is 14. The first kappa shape index (κ1) is 53.1. The highest BCUT2D eigenvalue weighted by Crippen LogP contribution is 2.51. The third-order valence-electron chi connectivity index (χ3n) is 17.3. The molecule has 0 radical (unpaired) electrons. The van der Waals surface area contributed by atoms with E-state index in [0.717, 1.165) is 141 Å². The number of benzene rings is 4. The van der Waals surface area contributed by atoms with Crippen molar-refractivity contribution in [1.82, 2.24) is 25.2 Å². The molecule has 8 heterocycles. The fourth-order valence-electron chi connectivity index (χ4n) is 13.1. The van der Waals surface area contributed by atoms with Crippen molar-refractivity contribution in [1.29, 1.82) is 0 Å². The molecule has 4 aliphatic heterocycles. The van der Waals surface area contributed by atoms with Crippen molar-refractivity contribution in [3.63, 3.8) is 0 Å². The van der Waals surface area contributed by atoms with Gasteiger partial charge in [-0.25, -0.2) is 19.6 Å². The highest BCUT2D eigenvalue weighted by atomic mass is 35.5. The van der Waals surface area contributed by atoms with E-state index in [1.54, 1.807) is 34.8 Å². The summed E-state index contributed by atoms with van der Waals surface area (Å²) in [5.74, 6) is 2.92. The largest absolute Gasteiger partial charge is 0.465 e. The number of hydrogen-bond donors (Lipinski definition) is 0. The SMILES string of the molecule is COC(=O)c1ccc2nc(N3C4CCC3CC(CCc3c(-c5c(Cl)cccc5Cl)noc3C3CC3)C4)sc2c1.COC(=O)c1ccc2nc(N3C4CCC3CC(N(C)Cc3c(-c5c(Cl)cccc5Cl)noc3C3CC3)C4)sc2c1.